The topological polar surface area (TPSA) is 21.3 Å². The Balaban J connectivity index is 2.19. The summed E-state index contributed by atoms with van der Waals surface area (Å²) in [5.41, 5.74) is 1.70. The summed E-state index contributed by atoms with van der Waals surface area (Å²) in [6.45, 7) is 5.81. The molecule has 1 aromatic carbocycles. The largest absolute Gasteiger partial charge is 0.496 e. The average Bonchev–Trinajstić information content (AvgIpc) is 2.71. The van der Waals surface area contributed by atoms with Crippen LogP contribution in [0.15, 0.2) is 24.3 Å². The summed E-state index contributed by atoms with van der Waals surface area (Å²) in [5, 5.41) is 3.61. The van der Waals surface area contributed by atoms with Crippen molar-refractivity contribution in [3.63, 3.8) is 0 Å². The van der Waals surface area contributed by atoms with E-state index in [9.17, 15) is 0 Å². The van der Waals surface area contributed by atoms with Crippen molar-refractivity contribution in [2.24, 2.45) is 5.41 Å². The molecule has 2 nitrogen and oxygen atoms in total. The number of hydrogen-bond acceptors (Lipinski definition) is 2. The standard InChI is InChI=1S/C15H23NO/c1-4-14-15(2,9-10-16-14)11-12-7-5-6-8-13(12)17-3/h5-8,14,16H,4,9-11H2,1-3H3. The number of rotatable bonds is 4. The summed E-state index contributed by atoms with van der Waals surface area (Å²) in [6.07, 6.45) is 3.55. The van der Waals surface area contributed by atoms with E-state index in [2.05, 4.69) is 37.4 Å². The van der Waals surface area contributed by atoms with Gasteiger partial charge < -0.3 is 10.1 Å². The van der Waals surface area contributed by atoms with Gasteiger partial charge in [0.1, 0.15) is 5.75 Å². The number of para-hydroxylation sites is 1. The minimum atomic E-state index is 0.364. The second kappa shape index (κ2) is 5.09. The molecule has 2 heteroatoms. The SMILES string of the molecule is CCC1NCCC1(C)Cc1ccccc1OC. The molecule has 2 atom stereocenters. The van der Waals surface area contributed by atoms with E-state index in [-0.39, 0.29) is 0 Å². The zero-order valence-corrected chi connectivity index (χ0v) is 11.1. The Labute approximate surface area is 104 Å². The van der Waals surface area contributed by atoms with Crippen LogP contribution in [0.1, 0.15) is 32.3 Å². The fraction of sp³-hybridized carbons (Fsp3) is 0.600. The van der Waals surface area contributed by atoms with Crippen molar-refractivity contribution >= 4 is 0 Å². The molecular weight excluding hydrogens is 210 g/mol. The first-order chi connectivity index (χ1) is 8.19. The van der Waals surface area contributed by atoms with Gasteiger partial charge >= 0.3 is 0 Å². The summed E-state index contributed by atoms with van der Waals surface area (Å²) in [6, 6.07) is 9.02. The number of hydrogen-bond donors (Lipinski definition) is 1. The highest BCUT2D eigenvalue weighted by molar-refractivity contribution is 5.34. The molecule has 0 amide bonds. The summed E-state index contributed by atoms with van der Waals surface area (Å²) in [5.74, 6) is 1.02. The molecule has 0 radical (unpaired) electrons. The van der Waals surface area contributed by atoms with Crippen LogP contribution in [-0.4, -0.2) is 19.7 Å². The van der Waals surface area contributed by atoms with Crippen LogP contribution in [0, 0.1) is 5.41 Å². The second-order valence-corrected chi connectivity index (χ2v) is 5.31. The van der Waals surface area contributed by atoms with Crippen molar-refractivity contribution in [1.82, 2.24) is 5.32 Å². The summed E-state index contributed by atoms with van der Waals surface area (Å²) >= 11 is 0. The van der Waals surface area contributed by atoms with E-state index < -0.39 is 0 Å². The molecule has 1 aliphatic rings. The van der Waals surface area contributed by atoms with E-state index >= 15 is 0 Å². The number of nitrogens with one attached hydrogen (secondary N) is 1. The first-order valence-electron chi connectivity index (χ1n) is 6.55. The zero-order valence-electron chi connectivity index (χ0n) is 11.1. The molecule has 2 rings (SSSR count). The molecular formula is C15H23NO. The van der Waals surface area contributed by atoms with Crippen molar-refractivity contribution in [3.8, 4) is 5.75 Å². The van der Waals surface area contributed by atoms with Crippen LogP contribution in [0.4, 0.5) is 0 Å². The highest BCUT2D eigenvalue weighted by atomic mass is 16.5. The Morgan fingerprint density at radius 3 is 2.88 bits per heavy atom. The highest BCUT2D eigenvalue weighted by Crippen LogP contribution is 2.38. The predicted octanol–water partition coefficient (Wildman–Crippen LogP) is 3.02. The molecule has 0 bridgehead atoms. The second-order valence-electron chi connectivity index (χ2n) is 5.31. The normalized spacial score (nSPS) is 28.3. The molecule has 0 saturated carbocycles. The van der Waals surface area contributed by atoms with Crippen LogP contribution >= 0.6 is 0 Å². The quantitative estimate of drug-likeness (QED) is 0.863. The molecule has 0 aliphatic carbocycles. The Bertz CT molecular complexity index is 377. The van der Waals surface area contributed by atoms with Gasteiger partial charge in [0, 0.05) is 6.04 Å². The van der Waals surface area contributed by atoms with Gasteiger partial charge in [0.25, 0.3) is 0 Å². The average molecular weight is 233 g/mol. The summed E-state index contributed by atoms with van der Waals surface area (Å²) < 4.78 is 5.45. The molecule has 0 aromatic heterocycles. The van der Waals surface area contributed by atoms with E-state index in [4.69, 9.17) is 4.74 Å². The van der Waals surface area contributed by atoms with Crippen LogP contribution in [0.3, 0.4) is 0 Å². The Hall–Kier alpha value is -1.02. The molecule has 2 unspecified atom stereocenters. The molecule has 1 fully saturated rings. The predicted molar refractivity (Wildman–Crippen MR) is 71.5 cm³/mol. The van der Waals surface area contributed by atoms with Crippen LogP contribution < -0.4 is 10.1 Å². The molecule has 17 heavy (non-hydrogen) atoms. The van der Waals surface area contributed by atoms with Crippen LogP contribution in [0.5, 0.6) is 5.75 Å². The first kappa shape index (κ1) is 12.4. The third-order valence-corrected chi connectivity index (χ3v) is 4.12. The molecule has 1 N–H and O–H groups in total. The van der Waals surface area contributed by atoms with Gasteiger partial charge in [-0.1, -0.05) is 32.0 Å². The van der Waals surface area contributed by atoms with E-state index in [1.807, 2.05) is 6.07 Å². The molecule has 94 valence electrons. The van der Waals surface area contributed by atoms with Gasteiger partial charge in [0.2, 0.25) is 0 Å². The summed E-state index contributed by atoms with van der Waals surface area (Å²) in [7, 11) is 1.76. The fourth-order valence-electron chi connectivity index (χ4n) is 3.09. The van der Waals surface area contributed by atoms with Crippen molar-refractivity contribution < 1.29 is 4.74 Å². The maximum atomic E-state index is 5.45. The van der Waals surface area contributed by atoms with E-state index in [0.29, 0.717) is 11.5 Å². The van der Waals surface area contributed by atoms with E-state index in [0.717, 1.165) is 18.7 Å². The molecule has 0 spiro atoms. The lowest BCUT2D eigenvalue weighted by Gasteiger charge is -2.31. The lowest BCUT2D eigenvalue weighted by atomic mass is 9.76. The van der Waals surface area contributed by atoms with Crippen LogP contribution in [0.25, 0.3) is 0 Å². The molecule has 1 aliphatic heterocycles. The van der Waals surface area contributed by atoms with Gasteiger partial charge in [-0.15, -0.1) is 0 Å². The minimum absolute atomic E-state index is 0.364. The number of ether oxygens (including phenoxy) is 1. The van der Waals surface area contributed by atoms with Crippen molar-refractivity contribution in [1.29, 1.82) is 0 Å². The molecule has 1 heterocycles. The van der Waals surface area contributed by atoms with Gasteiger partial charge in [0.15, 0.2) is 0 Å². The third kappa shape index (κ3) is 2.47. The van der Waals surface area contributed by atoms with Gasteiger partial charge in [-0.2, -0.15) is 0 Å². The monoisotopic (exact) mass is 233 g/mol. The zero-order chi connectivity index (χ0) is 12.3. The van der Waals surface area contributed by atoms with Crippen LogP contribution in [0.2, 0.25) is 0 Å². The first-order valence-corrected chi connectivity index (χ1v) is 6.55. The van der Waals surface area contributed by atoms with Crippen molar-refractivity contribution in [2.75, 3.05) is 13.7 Å². The van der Waals surface area contributed by atoms with Gasteiger partial charge in [-0.25, -0.2) is 0 Å². The van der Waals surface area contributed by atoms with E-state index in [1.165, 1.54) is 18.4 Å². The lowest BCUT2D eigenvalue weighted by molar-refractivity contribution is 0.267. The number of methoxy groups -OCH3 is 1. The van der Waals surface area contributed by atoms with Gasteiger partial charge in [-0.3, -0.25) is 0 Å². The van der Waals surface area contributed by atoms with E-state index in [1.54, 1.807) is 7.11 Å². The van der Waals surface area contributed by atoms with Crippen LogP contribution in [-0.2, 0) is 6.42 Å². The molecule has 1 saturated heterocycles. The fourth-order valence-corrected chi connectivity index (χ4v) is 3.09. The Morgan fingerprint density at radius 2 is 2.18 bits per heavy atom. The minimum Gasteiger partial charge on any atom is -0.496 e. The maximum absolute atomic E-state index is 5.45. The summed E-state index contributed by atoms with van der Waals surface area (Å²) in [4.78, 5) is 0. The third-order valence-electron chi connectivity index (χ3n) is 4.12. The lowest BCUT2D eigenvalue weighted by Crippen LogP contribution is -2.35. The Kier molecular flexibility index (Phi) is 3.72. The smallest absolute Gasteiger partial charge is 0.122 e. The number of benzene rings is 1. The molecule has 1 aromatic rings. The Morgan fingerprint density at radius 1 is 1.41 bits per heavy atom. The van der Waals surface area contributed by atoms with Gasteiger partial charge in [0.05, 0.1) is 7.11 Å². The van der Waals surface area contributed by atoms with Crippen molar-refractivity contribution in [3.05, 3.63) is 29.8 Å². The highest BCUT2D eigenvalue weighted by Gasteiger charge is 2.37. The van der Waals surface area contributed by atoms with Gasteiger partial charge in [-0.05, 0) is 42.9 Å². The maximum Gasteiger partial charge on any atom is 0.122 e. The van der Waals surface area contributed by atoms with Crippen molar-refractivity contribution in [2.45, 2.75) is 39.2 Å².